The average Bonchev–Trinajstić information content (AvgIpc) is 3.30. The lowest BCUT2D eigenvalue weighted by Crippen LogP contribution is -2.42. The largest absolute Gasteiger partial charge is 0.487 e. The minimum atomic E-state index is -0.729. The number of hydrogen-bond donors (Lipinski definition) is 0. The molecule has 9 heteroatoms. The van der Waals surface area contributed by atoms with E-state index in [-0.39, 0.29) is 17.8 Å². The zero-order chi connectivity index (χ0) is 22.0. The van der Waals surface area contributed by atoms with Gasteiger partial charge in [0.2, 0.25) is 0 Å². The summed E-state index contributed by atoms with van der Waals surface area (Å²) in [6.45, 7) is 2.70. The molecule has 0 radical (unpaired) electrons. The van der Waals surface area contributed by atoms with Crippen LogP contribution in [0, 0.1) is 18.6 Å². The van der Waals surface area contributed by atoms with Gasteiger partial charge in [-0.15, -0.1) is 11.8 Å². The fraction of sp³-hybridized carbons (Fsp3) is 0.318. The van der Waals surface area contributed by atoms with Crippen LogP contribution in [0.1, 0.15) is 28.9 Å². The van der Waals surface area contributed by atoms with Crippen molar-refractivity contribution in [3.05, 3.63) is 59.5 Å². The van der Waals surface area contributed by atoms with E-state index in [0.29, 0.717) is 53.8 Å². The molecule has 4 rings (SSSR count). The van der Waals surface area contributed by atoms with Crippen LogP contribution in [0.2, 0.25) is 0 Å². The molecule has 1 amide bonds. The number of furan rings is 1. The van der Waals surface area contributed by atoms with E-state index in [9.17, 15) is 13.6 Å². The predicted octanol–water partition coefficient (Wildman–Crippen LogP) is 4.73. The molecule has 6 nitrogen and oxygen atoms in total. The van der Waals surface area contributed by atoms with E-state index in [4.69, 9.17) is 9.15 Å². The highest BCUT2D eigenvalue weighted by Gasteiger charge is 2.29. The number of benzene rings is 1. The molecular weight excluding hydrogens is 424 g/mol. The van der Waals surface area contributed by atoms with Crippen molar-refractivity contribution in [2.24, 2.45) is 0 Å². The summed E-state index contributed by atoms with van der Waals surface area (Å²) in [5.41, 5.74) is 1.06. The zero-order valence-corrected chi connectivity index (χ0v) is 17.9. The van der Waals surface area contributed by atoms with E-state index in [1.165, 1.54) is 17.8 Å². The highest BCUT2D eigenvalue weighted by atomic mass is 32.2. The Kier molecular flexibility index (Phi) is 6.22. The molecule has 0 N–H and O–H groups in total. The molecule has 3 heterocycles. The molecule has 0 saturated carbocycles. The van der Waals surface area contributed by atoms with Gasteiger partial charge in [-0.05, 0) is 37.4 Å². The Morgan fingerprint density at radius 2 is 2.00 bits per heavy atom. The van der Waals surface area contributed by atoms with Crippen LogP contribution in [0.15, 0.2) is 46.0 Å². The fourth-order valence-electron chi connectivity index (χ4n) is 3.54. The van der Waals surface area contributed by atoms with Crippen molar-refractivity contribution in [3.8, 4) is 17.3 Å². The van der Waals surface area contributed by atoms with E-state index >= 15 is 0 Å². The monoisotopic (exact) mass is 445 g/mol. The summed E-state index contributed by atoms with van der Waals surface area (Å²) in [6, 6.07) is 6.78. The van der Waals surface area contributed by atoms with Gasteiger partial charge in [-0.1, -0.05) is 0 Å². The maximum Gasteiger partial charge on any atom is 0.258 e. The highest BCUT2D eigenvalue weighted by molar-refractivity contribution is 7.98. The molecule has 1 fully saturated rings. The van der Waals surface area contributed by atoms with Gasteiger partial charge in [0.15, 0.2) is 23.2 Å². The van der Waals surface area contributed by atoms with E-state index in [1.54, 1.807) is 30.2 Å². The van der Waals surface area contributed by atoms with Crippen LogP contribution in [0.4, 0.5) is 8.78 Å². The Morgan fingerprint density at radius 3 is 2.65 bits per heavy atom. The number of thioether (sulfide) groups is 1. The zero-order valence-electron chi connectivity index (χ0n) is 17.1. The van der Waals surface area contributed by atoms with E-state index < -0.39 is 11.6 Å². The van der Waals surface area contributed by atoms with Crippen LogP contribution in [-0.4, -0.2) is 46.2 Å². The van der Waals surface area contributed by atoms with Gasteiger partial charge in [-0.2, -0.15) is 0 Å². The summed E-state index contributed by atoms with van der Waals surface area (Å²) in [6.07, 6.45) is 4.25. The summed E-state index contributed by atoms with van der Waals surface area (Å²) >= 11 is 1.38. The molecule has 1 aliphatic rings. The number of halogens is 2. The number of ether oxygens (including phenoxy) is 1. The van der Waals surface area contributed by atoms with Crippen molar-refractivity contribution in [2.45, 2.75) is 30.9 Å². The maximum absolute atomic E-state index is 13.8. The van der Waals surface area contributed by atoms with E-state index in [2.05, 4.69) is 9.97 Å². The van der Waals surface area contributed by atoms with Gasteiger partial charge in [0.1, 0.15) is 16.9 Å². The van der Waals surface area contributed by atoms with Crippen LogP contribution in [0.5, 0.6) is 5.75 Å². The van der Waals surface area contributed by atoms with Crippen molar-refractivity contribution in [1.29, 1.82) is 0 Å². The lowest BCUT2D eigenvalue weighted by atomic mass is 10.1. The summed E-state index contributed by atoms with van der Waals surface area (Å²) in [7, 11) is 0. The third kappa shape index (κ3) is 4.56. The third-order valence-corrected chi connectivity index (χ3v) is 5.80. The van der Waals surface area contributed by atoms with Gasteiger partial charge < -0.3 is 14.1 Å². The third-order valence-electron chi connectivity index (χ3n) is 5.12. The second-order valence-corrected chi connectivity index (χ2v) is 7.97. The molecule has 1 aromatic carbocycles. The average molecular weight is 445 g/mol. The topological polar surface area (TPSA) is 68.5 Å². The first-order valence-electron chi connectivity index (χ1n) is 9.83. The van der Waals surface area contributed by atoms with Crippen molar-refractivity contribution < 1.29 is 22.7 Å². The molecular formula is C22H21F2N3O3S. The van der Waals surface area contributed by atoms with Crippen LogP contribution >= 0.6 is 11.8 Å². The van der Waals surface area contributed by atoms with E-state index in [0.717, 1.165) is 12.1 Å². The summed E-state index contributed by atoms with van der Waals surface area (Å²) in [5.74, 6) is -0.508. The molecule has 0 atom stereocenters. The number of aryl methyl sites for hydroxylation is 1. The summed E-state index contributed by atoms with van der Waals surface area (Å²) < 4.78 is 38.0. The van der Waals surface area contributed by atoms with Gasteiger partial charge in [0.25, 0.3) is 5.91 Å². The Morgan fingerprint density at radius 1 is 1.23 bits per heavy atom. The van der Waals surface area contributed by atoms with Crippen LogP contribution in [0.3, 0.4) is 0 Å². The number of piperidine rings is 1. The smallest absolute Gasteiger partial charge is 0.258 e. The van der Waals surface area contributed by atoms with Crippen LogP contribution in [0.25, 0.3) is 11.6 Å². The van der Waals surface area contributed by atoms with Gasteiger partial charge in [-0.3, -0.25) is 4.79 Å². The number of hydrogen-bond acceptors (Lipinski definition) is 6. The molecule has 0 spiro atoms. The normalized spacial score (nSPS) is 14.6. The van der Waals surface area contributed by atoms with Crippen molar-refractivity contribution >= 4 is 17.7 Å². The number of aromatic nitrogens is 2. The maximum atomic E-state index is 13.8. The minimum absolute atomic E-state index is 0.0219. The van der Waals surface area contributed by atoms with Crippen molar-refractivity contribution in [3.63, 3.8) is 0 Å². The van der Waals surface area contributed by atoms with Crippen molar-refractivity contribution in [1.82, 2.24) is 14.9 Å². The quantitative estimate of drug-likeness (QED) is 0.418. The SMILES string of the molecule is CSc1nc(-c2ccco2)nc(C)c1C(=O)N1CCC(Oc2ccc(F)cc2F)CC1. The Balaban J connectivity index is 1.46. The fourth-order valence-corrected chi connectivity index (χ4v) is 4.16. The minimum Gasteiger partial charge on any atom is -0.487 e. The lowest BCUT2D eigenvalue weighted by Gasteiger charge is -2.32. The Labute approximate surface area is 182 Å². The molecule has 2 aromatic heterocycles. The predicted molar refractivity (Wildman–Crippen MR) is 112 cm³/mol. The van der Waals surface area contributed by atoms with E-state index in [1.807, 2.05) is 6.26 Å². The summed E-state index contributed by atoms with van der Waals surface area (Å²) in [5, 5.41) is 0.593. The highest BCUT2D eigenvalue weighted by Crippen LogP contribution is 2.28. The number of carbonyl (C=O) groups excluding carboxylic acids is 1. The van der Waals surface area contributed by atoms with Gasteiger partial charge in [0, 0.05) is 32.0 Å². The van der Waals surface area contributed by atoms with Gasteiger partial charge >= 0.3 is 0 Å². The van der Waals surface area contributed by atoms with Gasteiger partial charge in [-0.25, -0.2) is 18.7 Å². The van der Waals surface area contributed by atoms with Crippen LogP contribution < -0.4 is 4.74 Å². The summed E-state index contributed by atoms with van der Waals surface area (Å²) in [4.78, 5) is 23.9. The number of rotatable bonds is 5. The molecule has 31 heavy (non-hydrogen) atoms. The molecule has 162 valence electrons. The number of nitrogens with zero attached hydrogens (tertiary/aromatic N) is 3. The second-order valence-electron chi connectivity index (χ2n) is 7.18. The standard InChI is InChI=1S/C22H21F2N3O3S/c1-13-19(21(31-2)26-20(25-13)18-4-3-11-29-18)22(28)27-9-7-15(8-10-27)30-17-6-5-14(23)12-16(17)24/h3-6,11-12,15H,7-10H2,1-2H3. The van der Waals surface area contributed by atoms with Crippen LogP contribution in [-0.2, 0) is 0 Å². The number of likely N-dealkylation sites (tertiary alicyclic amines) is 1. The first-order valence-corrected chi connectivity index (χ1v) is 11.1. The second kappa shape index (κ2) is 9.05. The Hall–Kier alpha value is -2.94. The molecule has 0 bridgehead atoms. The molecule has 0 aliphatic carbocycles. The number of amides is 1. The lowest BCUT2D eigenvalue weighted by molar-refractivity contribution is 0.0583. The molecule has 1 saturated heterocycles. The van der Waals surface area contributed by atoms with Crippen molar-refractivity contribution in [2.75, 3.05) is 19.3 Å². The molecule has 0 unspecified atom stereocenters. The van der Waals surface area contributed by atoms with Gasteiger partial charge in [0.05, 0.1) is 17.5 Å². The Bertz CT molecular complexity index is 1080. The first-order chi connectivity index (χ1) is 15.0. The molecule has 1 aliphatic heterocycles. The molecule has 3 aromatic rings. The number of carbonyl (C=O) groups is 1. The first kappa shape index (κ1) is 21.3.